The summed E-state index contributed by atoms with van der Waals surface area (Å²) in [6.07, 6.45) is 2.46. The van der Waals surface area contributed by atoms with Gasteiger partial charge < -0.3 is 15.0 Å². The monoisotopic (exact) mass is 287 g/mol. The first kappa shape index (κ1) is 13.6. The highest BCUT2D eigenvalue weighted by molar-refractivity contribution is 5.58. The minimum Gasteiger partial charge on any atom is -0.379 e. The van der Waals surface area contributed by atoms with E-state index in [9.17, 15) is 0 Å². The van der Waals surface area contributed by atoms with Crippen LogP contribution >= 0.6 is 0 Å². The van der Waals surface area contributed by atoms with E-state index in [-0.39, 0.29) is 0 Å². The molecule has 1 unspecified atom stereocenters. The first-order valence-electron chi connectivity index (χ1n) is 8.30. The Morgan fingerprint density at radius 1 is 1.14 bits per heavy atom. The van der Waals surface area contributed by atoms with Crippen LogP contribution in [-0.2, 0) is 17.7 Å². The van der Waals surface area contributed by atoms with Crippen molar-refractivity contribution in [1.29, 1.82) is 0 Å². The van der Waals surface area contributed by atoms with Gasteiger partial charge in [-0.1, -0.05) is 12.1 Å². The van der Waals surface area contributed by atoms with E-state index >= 15 is 0 Å². The summed E-state index contributed by atoms with van der Waals surface area (Å²) >= 11 is 0. The van der Waals surface area contributed by atoms with Crippen molar-refractivity contribution < 1.29 is 4.74 Å². The van der Waals surface area contributed by atoms with E-state index in [4.69, 9.17) is 4.74 Å². The van der Waals surface area contributed by atoms with Crippen LogP contribution in [-0.4, -0.2) is 56.9 Å². The van der Waals surface area contributed by atoms with E-state index in [0.717, 1.165) is 39.4 Å². The normalized spacial score (nSPS) is 26.9. The van der Waals surface area contributed by atoms with Crippen molar-refractivity contribution in [3.8, 4) is 0 Å². The van der Waals surface area contributed by atoms with Crippen LogP contribution in [0.4, 0.5) is 5.69 Å². The number of nitrogens with one attached hydrogen (secondary N) is 1. The van der Waals surface area contributed by atoms with Crippen LogP contribution in [0.1, 0.15) is 17.5 Å². The zero-order valence-electron chi connectivity index (χ0n) is 12.7. The maximum atomic E-state index is 5.48. The number of morpholine rings is 1. The third-order valence-electron chi connectivity index (χ3n) is 5.18. The lowest BCUT2D eigenvalue weighted by molar-refractivity contribution is 0.0209. The molecule has 3 heterocycles. The summed E-state index contributed by atoms with van der Waals surface area (Å²) in [5, 5.41) is 3.48. The fourth-order valence-corrected chi connectivity index (χ4v) is 4.01. The van der Waals surface area contributed by atoms with Crippen LogP contribution in [0.15, 0.2) is 18.2 Å². The van der Waals surface area contributed by atoms with E-state index in [1.165, 1.54) is 37.2 Å². The van der Waals surface area contributed by atoms with Crippen LogP contribution in [0, 0.1) is 0 Å². The topological polar surface area (TPSA) is 27.7 Å². The van der Waals surface area contributed by atoms with Crippen LogP contribution in [0.2, 0.25) is 0 Å². The quantitative estimate of drug-likeness (QED) is 0.886. The minimum absolute atomic E-state index is 0.714. The summed E-state index contributed by atoms with van der Waals surface area (Å²) in [6.45, 7) is 8.56. The summed E-state index contributed by atoms with van der Waals surface area (Å²) in [6, 6.07) is 7.54. The molecule has 0 saturated carbocycles. The maximum absolute atomic E-state index is 5.48. The number of rotatable bonds is 2. The summed E-state index contributed by atoms with van der Waals surface area (Å²) in [7, 11) is 0. The average Bonchev–Trinajstić information content (AvgIpc) is 3.05. The second-order valence-electron chi connectivity index (χ2n) is 6.38. The summed E-state index contributed by atoms with van der Waals surface area (Å²) in [5.74, 6) is 0. The zero-order valence-corrected chi connectivity index (χ0v) is 12.7. The van der Waals surface area contributed by atoms with Crippen molar-refractivity contribution in [3.05, 3.63) is 29.3 Å². The molecule has 1 atom stereocenters. The van der Waals surface area contributed by atoms with Crippen LogP contribution in [0.3, 0.4) is 0 Å². The number of hydrogen-bond donors (Lipinski definition) is 1. The molecule has 2 fully saturated rings. The molecule has 114 valence electrons. The molecule has 1 aromatic rings. The lowest BCUT2D eigenvalue weighted by atomic mass is 9.98. The number of benzene rings is 1. The first-order chi connectivity index (χ1) is 10.4. The molecule has 1 aromatic carbocycles. The Bertz CT molecular complexity index is 499. The third-order valence-corrected chi connectivity index (χ3v) is 5.18. The average molecular weight is 287 g/mol. The molecule has 3 aliphatic rings. The van der Waals surface area contributed by atoms with Gasteiger partial charge in [0.05, 0.1) is 13.2 Å². The molecule has 4 rings (SSSR count). The highest BCUT2D eigenvalue weighted by atomic mass is 16.5. The van der Waals surface area contributed by atoms with Crippen LogP contribution < -0.4 is 10.2 Å². The van der Waals surface area contributed by atoms with E-state index in [1.54, 1.807) is 5.56 Å². The molecule has 0 spiro atoms. The number of hydrogen-bond acceptors (Lipinski definition) is 4. The van der Waals surface area contributed by atoms with Crippen molar-refractivity contribution in [2.75, 3.05) is 50.8 Å². The summed E-state index contributed by atoms with van der Waals surface area (Å²) in [4.78, 5) is 5.24. The number of fused-ring (bicyclic) bond motifs is 1. The van der Waals surface area contributed by atoms with Crippen LogP contribution in [0.25, 0.3) is 0 Å². The Hall–Kier alpha value is -1.10. The predicted molar refractivity (Wildman–Crippen MR) is 84.9 cm³/mol. The molecule has 4 nitrogen and oxygen atoms in total. The maximum Gasteiger partial charge on any atom is 0.0594 e. The minimum atomic E-state index is 0.714. The Kier molecular flexibility index (Phi) is 3.84. The molecule has 0 bridgehead atoms. The highest BCUT2D eigenvalue weighted by Crippen LogP contribution is 2.30. The molecule has 21 heavy (non-hydrogen) atoms. The largest absolute Gasteiger partial charge is 0.379 e. The molecule has 3 aliphatic heterocycles. The summed E-state index contributed by atoms with van der Waals surface area (Å²) < 4.78 is 5.48. The fraction of sp³-hybridized carbons (Fsp3) is 0.647. The molecule has 0 aromatic heterocycles. The molecular weight excluding hydrogens is 262 g/mol. The Balaban J connectivity index is 1.50. The van der Waals surface area contributed by atoms with Gasteiger partial charge in [-0.3, -0.25) is 4.90 Å². The van der Waals surface area contributed by atoms with Crippen molar-refractivity contribution in [2.45, 2.75) is 25.4 Å². The van der Waals surface area contributed by atoms with E-state index < -0.39 is 0 Å². The second-order valence-corrected chi connectivity index (χ2v) is 6.38. The molecule has 0 aliphatic carbocycles. The zero-order chi connectivity index (χ0) is 14.1. The molecule has 2 saturated heterocycles. The van der Waals surface area contributed by atoms with Gasteiger partial charge in [0.15, 0.2) is 0 Å². The molecule has 0 radical (unpaired) electrons. The smallest absolute Gasteiger partial charge is 0.0594 e. The molecule has 4 heteroatoms. The highest BCUT2D eigenvalue weighted by Gasteiger charge is 2.30. The van der Waals surface area contributed by atoms with Gasteiger partial charge in [-0.05, 0) is 36.6 Å². The Morgan fingerprint density at radius 3 is 2.95 bits per heavy atom. The lowest BCUT2D eigenvalue weighted by Gasteiger charge is -2.33. The number of anilines is 1. The molecule has 0 amide bonds. The summed E-state index contributed by atoms with van der Waals surface area (Å²) in [5.41, 5.74) is 4.57. The van der Waals surface area contributed by atoms with E-state index in [0.29, 0.717) is 6.04 Å². The lowest BCUT2D eigenvalue weighted by Crippen LogP contribution is -2.44. The van der Waals surface area contributed by atoms with Gasteiger partial charge in [0, 0.05) is 44.5 Å². The first-order valence-corrected chi connectivity index (χ1v) is 8.30. The Morgan fingerprint density at radius 2 is 2.05 bits per heavy atom. The third kappa shape index (κ3) is 2.68. The fourth-order valence-electron chi connectivity index (χ4n) is 4.01. The van der Waals surface area contributed by atoms with Gasteiger partial charge >= 0.3 is 0 Å². The number of ether oxygens (including phenoxy) is 1. The number of nitrogens with zero attached hydrogens (tertiary/aromatic N) is 2. The van der Waals surface area contributed by atoms with Crippen molar-refractivity contribution >= 4 is 5.69 Å². The molecular formula is C17H25N3O. The van der Waals surface area contributed by atoms with Gasteiger partial charge in [0.2, 0.25) is 0 Å². The standard InChI is InChI=1S/C17H25N3O/c1-2-14-12-18-6-4-16(14)17(3-1)20-7-5-15(13-20)19-8-10-21-11-9-19/h1-3,15,18H,4-13H2. The predicted octanol–water partition coefficient (Wildman–Crippen LogP) is 1.24. The van der Waals surface area contributed by atoms with Crippen LogP contribution in [0.5, 0.6) is 0 Å². The van der Waals surface area contributed by atoms with E-state index in [1.807, 2.05) is 0 Å². The van der Waals surface area contributed by atoms with Gasteiger partial charge in [-0.25, -0.2) is 0 Å². The molecule has 1 N–H and O–H groups in total. The van der Waals surface area contributed by atoms with Gasteiger partial charge in [-0.2, -0.15) is 0 Å². The SMILES string of the molecule is c1cc2c(c(N3CCC(N4CCOCC4)C3)c1)CCNC2. The van der Waals surface area contributed by atoms with Crippen molar-refractivity contribution in [1.82, 2.24) is 10.2 Å². The second kappa shape index (κ2) is 5.95. The van der Waals surface area contributed by atoms with Gasteiger partial charge in [0.1, 0.15) is 0 Å². The van der Waals surface area contributed by atoms with Crippen molar-refractivity contribution in [2.24, 2.45) is 0 Å². The van der Waals surface area contributed by atoms with Crippen molar-refractivity contribution in [3.63, 3.8) is 0 Å². The van der Waals surface area contributed by atoms with Gasteiger partial charge in [-0.15, -0.1) is 0 Å². The Labute approximate surface area is 127 Å². The van der Waals surface area contributed by atoms with E-state index in [2.05, 4.69) is 33.3 Å². The van der Waals surface area contributed by atoms with Gasteiger partial charge in [0.25, 0.3) is 0 Å².